The summed E-state index contributed by atoms with van der Waals surface area (Å²) in [5.41, 5.74) is 1.40. The highest BCUT2D eigenvalue weighted by Gasteiger charge is 2.29. The number of fused-ring (bicyclic) bond motifs is 1. The third-order valence-corrected chi connectivity index (χ3v) is 5.99. The molecule has 1 atom stereocenters. The monoisotopic (exact) mass is 330 g/mol. The number of rotatable bonds is 3. The first kappa shape index (κ1) is 15.4. The lowest BCUT2D eigenvalue weighted by Crippen LogP contribution is -2.42. The predicted molar refractivity (Wildman–Crippen MR) is 97.4 cm³/mol. The van der Waals surface area contributed by atoms with Gasteiger partial charge in [0.05, 0.1) is 6.10 Å². The Labute approximate surface area is 143 Å². The second-order valence-electron chi connectivity index (χ2n) is 6.91. The Kier molecular flexibility index (Phi) is 4.79. The zero-order valence-corrected chi connectivity index (χ0v) is 14.6. The van der Waals surface area contributed by atoms with Crippen molar-refractivity contribution >= 4 is 17.8 Å². The molecule has 2 aliphatic heterocycles. The largest absolute Gasteiger partial charge is 0.490 e. The summed E-state index contributed by atoms with van der Waals surface area (Å²) in [4.78, 5) is 2.48. The van der Waals surface area contributed by atoms with Crippen molar-refractivity contribution in [1.82, 2.24) is 4.90 Å². The van der Waals surface area contributed by atoms with Crippen molar-refractivity contribution in [1.29, 1.82) is 0 Å². The van der Waals surface area contributed by atoms with Crippen molar-refractivity contribution in [2.24, 2.45) is 4.40 Å². The molecule has 1 aliphatic carbocycles. The summed E-state index contributed by atoms with van der Waals surface area (Å²) in [6.07, 6.45) is 9.36. The molecule has 4 rings (SSSR count). The molecule has 3 nitrogen and oxygen atoms in total. The fourth-order valence-electron chi connectivity index (χ4n) is 4.03. The molecule has 4 heteroatoms. The summed E-state index contributed by atoms with van der Waals surface area (Å²) < 4.78 is 10.9. The topological polar surface area (TPSA) is 24.8 Å². The van der Waals surface area contributed by atoms with E-state index in [9.17, 15) is 0 Å². The summed E-state index contributed by atoms with van der Waals surface area (Å²) >= 11 is 1.73. The van der Waals surface area contributed by atoms with Gasteiger partial charge in [-0.2, -0.15) is 0 Å². The number of ether oxygens (including phenoxy) is 1. The summed E-state index contributed by atoms with van der Waals surface area (Å²) in [6.45, 7) is 2.33. The molecule has 0 N–H and O–H groups in total. The summed E-state index contributed by atoms with van der Waals surface area (Å²) in [5, 5.41) is 0. The highest BCUT2D eigenvalue weighted by molar-refractivity contribution is 7.98. The Morgan fingerprint density at radius 3 is 2.61 bits per heavy atom. The van der Waals surface area contributed by atoms with Crippen LogP contribution in [-0.4, -0.2) is 35.7 Å². The maximum atomic E-state index is 6.16. The van der Waals surface area contributed by atoms with Crippen molar-refractivity contribution in [2.45, 2.75) is 57.0 Å². The minimum Gasteiger partial charge on any atom is -0.490 e. The SMILES string of the molecule is c1cc(C2CCCN3CCSN=C23)ccc1OC1CCCCC1. The molecule has 23 heavy (non-hydrogen) atoms. The van der Waals surface area contributed by atoms with Gasteiger partial charge in [0.1, 0.15) is 11.6 Å². The average Bonchev–Trinajstić information content (AvgIpc) is 2.63. The first-order chi connectivity index (χ1) is 11.4. The number of amidine groups is 1. The molecular weight excluding hydrogens is 304 g/mol. The first-order valence-corrected chi connectivity index (χ1v) is 10.1. The Morgan fingerprint density at radius 2 is 1.78 bits per heavy atom. The molecule has 1 unspecified atom stereocenters. The average molecular weight is 330 g/mol. The zero-order chi connectivity index (χ0) is 15.5. The Balaban J connectivity index is 1.45. The fourth-order valence-corrected chi connectivity index (χ4v) is 4.80. The standard InChI is InChI=1S/C19H26N2OS/c1-2-5-16(6-3-1)22-17-10-8-15(9-11-17)18-7-4-12-21-13-14-23-20-19(18)21/h8-11,16,18H,1-7,12-14H2. The maximum Gasteiger partial charge on any atom is 0.120 e. The molecule has 124 valence electrons. The molecule has 3 aliphatic rings. The Bertz CT molecular complexity index is 551. The molecule has 2 fully saturated rings. The van der Waals surface area contributed by atoms with E-state index in [0.29, 0.717) is 12.0 Å². The van der Waals surface area contributed by atoms with Gasteiger partial charge in [0.25, 0.3) is 0 Å². The third-order valence-electron chi connectivity index (χ3n) is 5.30. The van der Waals surface area contributed by atoms with Crippen LogP contribution >= 0.6 is 11.9 Å². The highest BCUT2D eigenvalue weighted by atomic mass is 32.2. The predicted octanol–water partition coefficient (Wildman–Crippen LogP) is 4.64. The first-order valence-electron chi connectivity index (χ1n) is 9.11. The van der Waals surface area contributed by atoms with Crippen LogP contribution in [0, 0.1) is 0 Å². The second-order valence-corrected chi connectivity index (χ2v) is 7.76. The minimum atomic E-state index is 0.430. The van der Waals surface area contributed by atoms with Crippen LogP contribution in [0.2, 0.25) is 0 Å². The lowest BCUT2D eigenvalue weighted by atomic mass is 9.89. The van der Waals surface area contributed by atoms with Crippen LogP contribution in [0.4, 0.5) is 0 Å². The molecule has 0 aromatic heterocycles. The number of nitrogens with zero attached hydrogens (tertiary/aromatic N) is 2. The quantitative estimate of drug-likeness (QED) is 0.755. The van der Waals surface area contributed by atoms with Gasteiger partial charge < -0.3 is 9.64 Å². The van der Waals surface area contributed by atoms with E-state index in [2.05, 4.69) is 29.2 Å². The Morgan fingerprint density at radius 1 is 0.957 bits per heavy atom. The molecule has 1 aromatic rings. The van der Waals surface area contributed by atoms with Crippen LogP contribution < -0.4 is 4.74 Å². The van der Waals surface area contributed by atoms with Gasteiger partial charge in [0.15, 0.2) is 0 Å². The van der Waals surface area contributed by atoms with E-state index in [1.165, 1.54) is 62.9 Å². The third kappa shape index (κ3) is 3.52. The molecular formula is C19H26N2OS. The molecule has 1 aromatic carbocycles. The van der Waals surface area contributed by atoms with Crippen LogP contribution in [0.5, 0.6) is 5.75 Å². The van der Waals surface area contributed by atoms with Crippen LogP contribution in [0.1, 0.15) is 56.4 Å². The van der Waals surface area contributed by atoms with E-state index in [4.69, 9.17) is 9.13 Å². The van der Waals surface area contributed by atoms with E-state index in [0.717, 1.165) is 18.0 Å². The van der Waals surface area contributed by atoms with Gasteiger partial charge in [-0.1, -0.05) is 18.6 Å². The van der Waals surface area contributed by atoms with Gasteiger partial charge in [-0.25, -0.2) is 4.40 Å². The van der Waals surface area contributed by atoms with E-state index in [1.807, 2.05) is 0 Å². The lowest BCUT2D eigenvalue weighted by Gasteiger charge is -2.37. The highest BCUT2D eigenvalue weighted by Crippen LogP contribution is 2.33. The van der Waals surface area contributed by atoms with Gasteiger partial charge >= 0.3 is 0 Å². The number of hydrogen-bond acceptors (Lipinski definition) is 4. The summed E-state index contributed by atoms with van der Waals surface area (Å²) in [7, 11) is 0. The number of benzene rings is 1. The van der Waals surface area contributed by atoms with Crippen LogP contribution in [0.15, 0.2) is 28.7 Å². The smallest absolute Gasteiger partial charge is 0.120 e. The normalized spacial score (nSPS) is 25.7. The van der Waals surface area contributed by atoms with Crippen LogP contribution in [0.25, 0.3) is 0 Å². The van der Waals surface area contributed by atoms with Crippen molar-refractivity contribution in [2.75, 3.05) is 18.8 Å². The molecule has 0 bridgehead atoms. The molecule has 0 radical (unpaired) electrons. The van der Waals surface area contributed by atoms with Gasteiger partial charge in [-0.3, -0.25) is 0 Å². The van der Waals surface area contributed by atoms with E-state index in [-0.39, 0.29) is 0 Å². The minimum absolute atomic E-state index is 0.430. The van der Waals surface area contributed by atoms with Crippen molar-refractivity contribution in [3.8, 4) is 5.75 Å². The van der Waals surface area contributed by atoms with Gasteiger partial charge in [0, 0.05) is 24.8 Å². The molecule has 2 heterocycles. The molecule has 1 saturated carbocycles. The maximum absolute atomic E-state index is 6.16. The second kappa shape index (κ2) is 7.16. The Hall–Kier alpha value is -1.16. The van der Waals surface area contributed by atoms with Crippen molar-refractivity contribution < 1.29 is 4.74 Å². The van der Waals surface area contributed by atoms with Crippen LogP contribution in [0.3, 0.4) is 0 Å². The number of piperidine rings is 1. The fraction of sp³-hybridized carbons (Fsp3) is 0.632. The summed E-state index contributed by atoms with van der Waals surface area (Å²) in [5.74, 6) is 3.94. The van der Waals surface area contributed by atoms with Gasteiger partial charge in [0.2, 0.25) is 0 Å². The molecule has 0 amide bonds. The van der Waals surface area contributed by atoms with E-state index < -0.39 is 0 Å². The van der Waals surface area contributed by atoms with Crippen LogP contribution in [-0.2, 0) is 0 Å². The molecule has 1 saturated heterocycles. The van der Waals surface area contributed by atoms with Gasteiger partial charge in [-0.05, 0) is 68.2 Å². The van der Waals surface area contributed by atoms with Crippen molar-refractivity contribution in [3.63, 3.8) is 0 Å². The van der Waals surface area contributed by atoms with E-state index >= 15 is 0 Å². The molecule has 0 spiro atoms. The van der Waals surface area contributed by atoms with Gasteiger partial charge in [-0.15, -0.1) is 0 Å². The van der Waals surface area contributed by atoms with E-state index in [1.54, 1.807) is 11.9 Å². The summed E-state index contributed by atoms with van der Waals surface area (Å²) in [6, 6.07) is 8.85. The van der Waals surface area contributed by atoms with Crippen molar-refractivity contribution in [3.05, 3.63) is 29.8 Å². The lowest BCUT2D eigenvalue weighted by molar-refractivity contribution is 0.155. The number of hydrogen-bond donors (Lipinski definition) is 0. The zero-order valence-electron chi connectivity index (χ0n) is 13.7.